The number of thioether (sulfide) groups is 1. The molecule has 0 spiro atoms. The van der Waals surface area contributed by atoms with E-state index in [1.54, 1.807) is 0 Å². The highest BCUT2D eigenvalue weighted by molar-refractivity contribution is 7.99. The Morgan fingerprint density at radius 3 is 2.71 bits per heavy atom. The molecule has 0 aliphatic rings. The molecule has 1 nitrogen and oxygen atoms in total. The molecule has 0 amide bonds. The van der Waals surface area contributed by atoms with E-state index in [-0.39, 0.29) is 0 Å². The summed E-state index contributed by atoms with van der Waals surface area (Å²) in [6, 6.07) is 4.47. The molecule has 80 valence electrons. The fraction of sp³-hybridized carbons (Fsp3) is 0.636. The lowest BCUT2D eigenvalue weighted by atomic mass is 10.3. The maximum absolute atomic E-state index is 3.48. The third-order valence-corrected chi connectivity index (χ3v) is 4.40. The second-order valence-corrected chi connectivity index (χ2v) is 5.93. The topological polar surface area (TPSA) is 12.0 Å². The van der Waals surface area contributed by atoms with Crippen LogP contribution >= 0.6 is 23.1 Å². The van der Waals surface area contributed by atoms with Gasteiger partial charge in [0.15, 0.2) is 0 Å². The zero-order chi connectivity index (χ0) is 10.4. The average molecular weight is 229 g/mol. The first-order valence-corrected chi connectivity index (χ1v) is 7.17. The summed E-state index contributed by atoms with van der Waals surface area (Å²) in [7, 11) is 0. The van der Waals surface area contributed by atoms with Crippen LogP contribution < -0.4 is 5.32 Å². The lowest BCUT2D eigenvalue weighted by Crippen LogP contribution is -2.21. The van der Waals surface area contributed by atoms with Crippen molar-refractivity contribution in [1.29, 1.82) is 0 Å². The fourth-order valence-corrected chi connectivity index (χ4v) is 2.40. The van der Waals surface area contributed by atoms with Crippen LogP contribution in [0.25, 0.3) is 0 Å². The highest BCUT2D eigenvalue weighted by Gasteiger charge is 2.00. The predicted molar refractivity (Wildman–Crippen MR) is 68.4 cm³/mol. The molecule has 0 bridgehead atoms. The van der Waals surface area contributed by atoms with Crippen molar-refractivity contribution >= 4 is 23.1 Å². The highest BCUT2D eigenvalue weighted by Crippen LogP contribution is 2.16. The molecule has 0 saturated carbocycles. The van der Waals surface area contributed by atoms with Crippen LogP contribution in [0.3, 0.4) is 0 Å². The van der Waals surface area contributed by atoms with Crippen molar-refractivity contribution < 1.29 is 0 Å². The van der Waals surface area contributed by atoms with Gasteiger partial charge in [-0.05, 0) is 24.8 Å². The summed E-state index contributed by atoms with van der Waals surface area (Å²) in [6.07, 6.45) is 3.32. The molecule has 0 aliphatic carbocycles. The minimum absolute atomic E-state index is 0.709. The molecule has 0 saturated heterocycles. The van der Waals surface area contributed by atoms with Crippen LogP contribution in [0.1, 0.15) is 23.6 Å². The Hall–Kier alpha value is 0.01000. The zero-order valence-corrected chi connectivity index (χ0v) is 10.8. The Labute approximate surface area is 95.3 Å². The van der Waals surface area contributed by atoms with Crippen LogP contribution in [-0.2, 0) is 13.0 Å². The molecule has 0 aliphatic heterocycles. The smallest absolute Gasteiger partial charge is 0.0300 e. The summed E-state index contributed by atoms with van der Waals surface area (Å²) in [5.74, 6) is 0. The maximum Gasteiger partial charge on any atom is 0.0300 e. The maximum atomic E-state index is 3.48. The van der Waals surface area contributed by atoms with Gasteiger partial charge in [-0.1, -0.05) is 13.8 Å². The Morgan fingerprint density at radius 1 is 1.43 bits per heavy atom. The van der Waals surface area contributed by atoms with Crippen LogP contribution in [0.15, 0.2) is 12.1 Å². The number of hydrogen-bond donors (Lipinski definition) is 1. The molecule has 1 rings (SSSR count). The number of hydrogen-bond acceptors (Lipinski definition) is 3. The van der Waals surface area contributed by atoms with Crippen molar-refractivity contribution in [1.82, 2.24) is 5.32 Å². The Bertz CT molecular complexity index is 258. The predicted octanol–water partition coefficient (Wildman–Crippen LogP) is 3.15. The van der Waals surface area contributed by atoms with Crippen molar-refractivity contribution in [2.24, 2.45) is 0 Å². The molecule has 1 heterocycles. The zero-order valence-electron chi connectivity index (χ0n) is 9.17. The van der Waals surface area contributed by atoms with E-state index in [1.807, 2.05) is 23.1 Å². The molecular formula is C11H19NS2. The number of nitrogens with one attached hydrogen (secondary N) is 1. The van der Waals surface area contributed by atoms with Gasteiger partial charge in [-0.3, -0.25) is 0 Å². The summed E-state index contributed by atoms with van der Waals surface area (Å²) < 4.78 is 0. The lowest BCUT2D eigenvalue weighted by molar-refractivity contribution is 0.691. The second-order valence-electron chi connectivity index (χ2n) is 3.40. The molecule has 1 atom stereocenters. The molecule has 14 heavy (non-hydrogen) atoms. The van der Waals surface area contributed by atoms with E-state index in [0.717, 1.165) is 19.5 Å². The quantitative estimate of drug-likeness (QED) is 0.804. The third-order valence-electron chi connectivity index (χ3n) is 2.20. The Kier molecular flexibility index (Phi) is 5.60. The molecule has 0 fully saturated rings. The van der Waals surface area contributed by atoms with Crippen molar-refractivity contribution in [3.05, 3.63) is 21.9 Å². The number of thiophene rings is 1. The third kappa shape index (κ3) is 4.03. The van der Waals surface area contributed by atoms with Crippen molar-refractivity contribution in [3.63, 3.8) is 0 Å². The normalized spacial score (nSPS) is 13.1. The van der Waals surface area contributed by atoms with Crippen LogP contribution in [-0.4, -0.2) is 18.1 Å². The first-order valence-electron chi connectivity index (χ1n) is 5.07. The first-order chi connectivity index (χ1) is 6.76. The number of aryl methyl sites for hydroxylation is 1. The minimum atomic E-state index is 0.709. The van der Waals surface area contributed by atoms with Crippen molar-refractivity contribution in [3.8, 4) is 0 Å². The van der Waals surface area contributed by atoms with E-state index in [4.69, 9.17) is 0 Å². The van der Waals surface area contributed by atoms with Gasteiger partial charge in [0.1, 0.15) is 0 Å². The van der Waals surface area contributed by atoms with Gasteiger partial charge in [-0.15, -0.1) is 11.3 Å². The monoisotopic (exact) mass is 229 g/mol. The van der Waals surface area contributed by atoms with Crippen LogP contribution in [0.2, 0.25) is 0 Å². The van der Waals surface area contributed by atoms with Gasteiger partial charge in [-0.2, -0.15) is 11.8 Å². The average Bonchev–Trinajstić information content (AvgIpc) is 2.65. The Balaban J connectivity index is 2.24. The van der Waals surface area contributed by atoms with E-state index >= 15 is 0 Å². The molecule has 3 heteroatoms. The van der Waals surface area contributed by atoms with Crippen LogP contribution in [0.4, 0.5) is 0 Å². The second kappa shape index (κ2) is 6.49. The molecular weight excluding hydrogens is 210 g/mol. The summed E-state index contributed by atoms with van der Waals surface area (Å²) in [4.78, 5) is 2.94. The summed E-state index contributed by atoms with van der Waals surface area (Å²) in [5, 5.41) is 4.19. The van der Waals surface area contributed by atoms with E-state index in [0.29, 0.717) is 5.25 Å². The van der Waals surface area contributed by atoms with Gasteiger partial charge >= 0.3 is 0 Å². The van der Waals surface area contributed by atoms with Crippen molar-refractivity contribution in [2.45, 2.75) is 32.1 Å². The first kappa shape index (κ1) is 12.1. The lowest BCUT2D eigenvalue weighted by Gasteiger charge is -2.08. The van der Waals surface area contributed by atoms with E-state index < -0.39 is 0 Å². The highest BCUT2D eigenvalue weighted by atomic mass is 32.2. The van der Waals surface area contributed by atoms with Gasteiger partial charge in [0.25, 0.3) is 0 Å². The summed E-state index contributed by atoms with van der Waals surface area (Å²) in [6.45, 7) is 6.58. The van der Waals surface area contributed by atoms with E-state index in [1.165, 1.54) is 9.75 Å². The molecule has 1 unspecified atom stereocenters. The molecule has 1 aromatic rings. The summed E-state index contributed by atoms with van der Waals surface area (Å²) in [5.41, 5.74) is 0. The molecule has 0 radical (unpaired) electrons. The van der Waals surface area contributed by atoms with E-state index in [9.17, 15) is 0 Å². The molecule has 0 aromatic carbocycles. The largest absolute Gasteiger partial charge is 0.311 e. The SMILES string of the molecule is CCc1ccc(CNCC(C)SC)s1. The Morgan fingerprint density at radius 2 is 2.14 bits per heavy atom. The molecule has 1 N–H and O–H groups in total. The van der Waals surface area contributed by atoms with Gasteiger partial charge in [0, 0.05) is 28.1 Å². The van der Waals surface area contributed by atoms with Crippen LogP contribution in [0.5, 0.6) is 0 Å². The van der Waals surface area contributed by atoms with Gasteiger partial charge in [0.2, 0.25) is 0 Å². The van der Waals surface area contributed by atoms with Gasteiger partial charge in [0.05, 0.1) is 0 Å². The van der Waals surface area contributed by atoms with Gasteiger partial charge in [-0.25, -0.2) is 0 Å². The molecule has 1 aromatic heterocycles. The van der Waals surface area contributed by atoms with Crippen LogP contribution in [0, 0.1) is 0 Å². The standard InChI is InChI=1S/C11H19NS2/c1-4-10-5-6-11(14-10)8-12-7-9(2)13-3/h5-6,9,12H,4,7-8H2,1-3H3. The van der Waals surface area contributed by atoms with Gasteiger partial charge < -0.3 is 5.32 Å². The fourth-order valence-electron chi connectivity index (χ4n) is 1.19. The summed E-state index contributed by atoms with van der Waals surface area (Å²) >= 11 is 3.83. The number of rotatable bonds is 6. The van der Waals surface area contributed by atoms with Crippen molar-refractivity contribution in [2.75, 3.05) is 12.8 Å². The minimum Gasteiger partial charge on any atom is -0.311 e. The van der Waals surface area contributed by atoms with E-state index in [2.05, 4.69) is 37.6 Å².